The number of benzene rings is 1. The maximum absolute atomic E-state index is 13.5. The molecule has 2 atom stereocenters. The molecule has 0 bridgehead atoms. The van der Waals surface area contributed by atoms with Crippen LogP contribution in [0.2, 0.25) is 0 Å². The minimum Gasteiger partial charge on any atom is -0.313 e. The lowest BCUT2D eigenvalue weighted by atomic mass is 9.95. The zero-order valence-electron chi connectivity index (χ0n) is 13.7. The molecule has 0 spiro atoms. The van der Waals surface area contributed by atoms with E-state index in [1.165, 1.54) is 31.2 Å². The van der Waals surface area contributed by atoms with Crippen molar-refractivity contribution in [2.24, 2.45) is 0 Å². The monoisotopic (exact) mass is 292 g/mol. The second-order valence-corrected chi connectivity index (χ2v) is 6.35. The summed E-state index contributed by atoms with van der Waals surface area (Å²) in [6, 6.07) is 6.21. The van der Waals surface area contributed by atoms with Crippen molar-refractivity contribution in [3.8, 4) is 0 Å². The van der Waals surface area contributed by atoms with Crippen LogP contribution < -0.4 is 5.32 Å². The molecule has 2 unspecified atom stereocenters. The molecule has 1 N–H and O–H groups in total. The van der Waals surface area contributed by atoms with E-state index in [9.17, 15) is 4.39 Å². The lowest BCUT2D eigenvalue weighted by Crippen LogP contribution is -2.50. The molecule has 2 nitrogen and oxygen atoms in total. The smallest absolute Gasteiger partial charge is 0.123 e. The third-order valence-corrected chi connectivity index (χ3v) is 4.64. The van der Waals surface area contributed by atoms with Crippen LogP contribution in [0.25, 0.3) is 0 Å². The zero-order chi connectivity index (χ0) is 15.2. The summed E-state index contributed by atoms with van der Waals surface area (Å²) in [5.74, 6) is -0.124. The lowest BCUT2D eigenvalue weighted by Gasteiger charge is -2.40. The topological polar surface area (TPSA) is 15.3 Å². The van der Waals surface area contributed by atoms with Gasteiger partial charge in [0.15, 0.2) is 0 Å². The number of likely N-dealkylation sites (tertiary alicyclic amines) is 1. The molecule has 0 aromatic heterocycles. The fourth-order valence-corrected chi connectivity index (χ4v) is 3.32. The molecule has 1 fully saturated rings. The van der Waals surface area contributed by atoms with Crippen LogP contribution in [0.3, 0.4) is 0 Å². The van der Waals surface area contributed by atoms with Crippen molar-refractivity contribution in [3.63, 3.8) is 0 Å². The maximum Gasteiger partial charge on any atom is 0.123 e. The van der Waals surface area contributed by atoms with Gasteiger partial charge in [-0.25, -0.2) is 4.39 Å². The van der Waals surface area contributed by atoms with Gasteiger partial charge in [0, 0.05) is 18.6 Å². The van der Waals surface area contributed by atoms with E-state index in [1.807, 2.05) is 6.07 Å². The number of piperidine rings is 1. The number of aryl methyl sites for hydroxylation is 1. The third-order valence-electron chi connectivity index (χ3n) is 4.64. The van der Waals surface area contributed by atoms with Crippen LogP contribution in [0, 0.1) is 12.7 Å². The zero-order valence-corrected chi connectivity index (χ0v) is 13.7. The van der Waals surface area contributed by atoms with Gasteiger partial charge in [-0.3, -0.25) is 4.90 Å². The van der Waals surface area contributed by atoms with Crippen molar-refractivity contribution in [2.45, 2.75) is 65.1 Å². The predicted octanol–water partition coefficient (Wildman–Crippen LogP) is 3.88. The van der Waals surface area contributed by atoms with Gasteiger partial charge < -0.3 is 5.32 Å². The Balaban J connectivity index is 2.06. The van der Waals surface area contributed by atoms with E-state index in [0.29, 0.717) is 12.1 Å². The summed E-state index contributed by atoms with van der Waals surface area (Å²) < 4.78 is 13.5. The fraction of sp³-hybridized carbons (Fsp3) is 0.667. The Morgan fingerprint density at radius 1 is 1.38 bits per heavy atom. The molecule has 1 aliphatic rings. The molecule has 0 saturated carbocycles. The van der Waals surface area contributed by atoms with Gasteiger partial charge in [-0.05, 0) is 69.5 Å². The predicted molar refractivity (Wildman–Crippen MR) is 86.9 cm³/mol. The maximum atomic E-state index is 13.5. The van der Waals surface area contributed by atoms with Crippen LogP contribution >= 0.6 is 0 Å². The molecule has 1 saturated heterocycles. The quantitative estimate of drug-likeness (QED) is 0.856. The second-order valence-electron chi connectivity index (χ2n) is 6.35. The Labute approximate surface area is 128 Å². The molecule has 1 aliphatic heterocycles. The Bertz CT molecular complexity index is 447. The van der Waals surface area contributed by atoms with E-state index >= 15 is 0 Å². The standard InChI is InChI=1S/C18H29FN2/c1-4-10-20-15(3)18-7-5-6-11-21(18)13-16-12-17(19)9-8-14(16)2/h8-9,12,15,18,20H,4-7,10-11,13H2,1-3H3. The first kappa shape index (κ1) is 16.4. The van der Waals surface area contributed by atoms with Gasteiger partial charge in [0.05, 0.1) is 0 Å². The Kier molecular flexibility index (Phi) is 6.19. The van der Waals surface area contributed by atoms with Gasteiger partial charge in [0.2, 0.25) is 0 Å². The largest absolute Gasteiger partial charge is 0.313 e. The molecular weight excluding hydrogens is 263 g/mol. The van der Waals surface area contributed by atoms with Gasteiger partial charge in [-0.1, -0.05) is 19.4 Å². The first-order valence-electron chi connectivity index (χ1n) is 8.34. The van der Waals surface area contributed by atoms with Crippen LogP contribution in [0.15, 0.2) is 18.2 Å². The first-order chi connectivity index (χ1) is 10.1. The molecule has 3 heteroatoms. The number of nitrogens with one attached hydrogen (secondary N) is 1. The molecule has 1 heterocycles. The van der Waals surface area contributed by atoms with Crippen LogP contribution in [-0.4, -0.2) is 30.1 Å². The minimum absolute atomic E-state index is 0.124. The van der Waals surface area contributed by atoms with Crippen molar-refractivity contribution < 1.29 is 4.39 Å². The molecule has 0 aliphatic carbocycles. The van der Waals surface area contributed by atoms with E-state index in [4.69, 9.17) is 0 Å². The van der Waals surface area contributed by atoms with Crippen LogP contribution in [-0.2, 0) is 6.54 Å². The average molecular weight is 292 g/mol. The highest BCUT2D eigenvalue weighted by atomic mass is 19.1. The summed E-state index contributed by atoms with van der Waals surface area (Å²) in [4.78, 5) is 2.54. The third kappa shape index (κ3) is 4.52. The van der Waals surface area contributed by atoms with E-state index in [2.05, 4.69) is 31.0 Å². The highest BCUT2D eigenvalue weighted by Gasteiger charge is 2.27. The molecule has 0 radical (unpaired) electrons. The normalized spacial score (nSPS) is 21.4. The van der Waals surface area contributed by atoms with E-state index in [-0.39, 0.29) is 5.82 Å². The number of rotatable bonds is 6. The van der Waals surface area contributed by atoms with Crippen LogP contribution in [0.4, 0.5) is 4.39 Å². The number of halogens is 1. The van der Waals surface area contributed by atoms with E-state index < -0.39 is 0 Å². The van der Waals surface area contributed by atoms with E-state index in [0.717, 1.165) is 25.2 Å². The van der Waals surface area contributed by atoms with Gasteiger partial charge in [0.25, 0.3) is 0 Å². The molecular formula is C18H29FN2. The molecule has 1 aromatic rings. The van der Waals surface area contributed by atoms with Gasteiger partial charge >= 0.3 is 0 Å². The van der Waals surface area contributed by atoms with E-state index in [1.54, 1.807) is 12.1 Å². The molecule has 0 amide bonds. The summed E-state index contributed by atoms with van der Waals surface area (Å²) in [5.41, 5.74) is 2.32. The highest BCUT2D eigenvalue weighted by molar-refractivity contribution is 5.26. The molecule has 1 aromatic carbocycles. The highest BCUT2D eigenvalue weighted by Crippen LogP contribution is 2.23. The summed E-state index contributed by atoms with van der Waals surface area (Å²) in [6.45, 7) is 9.63. The van der Waals surface area contributed by atoms with Crippen molar-refractivity contribution in [1.29, 1.82) is 0 Å². The fourth-order valence-electron chi connectivity index (χ4n) is 3.32. The average Bonchev–Trinajstić information content (AvgIpc) is 2.49. The first-order valence-corrected chi connectivity index (χ1v) is 8.34. The number of hydrogen-bond donors (Lipinski definition) is 1. The summed E-state index contributed by atoms with van der Waals surface area (Å²) in [5, 5.41) is 3.63. The van der Waals surface area contributed by atoms with Crippen molar-refractivity contribution >= 4 is 0 Å². The van der Waals surface area contributed by atoms with Gasteiger partial charge in [-0.2, -0.15) is 0 Å². The molecule has 21 heavy (non-hydrogen) atoms. The minimum atomic E-state index is -0.124. The van der Waals surface area contributed by atoms with Crippen molar-refractivity contribution in [3.05, 3.63) is 35.1 Å². The molecule has 118 valence electrons. The Morgan fingerprint density at radius 2 is 2.19 bits per heavy atom. The lowest BCUT2D eigenvalue weighted by molar-refractivity contribution is 0.111. The van der Waals surface area contributed by atoms with Gasteiger partial charge in [0.1, 0.15) is 5.82 Å². The van der Waals surface area contributed by atoms with Crippen molar-refractivity contribution in [1.82, 2.24) is 10.2 Å². The number of nitrogens with zero attached hydrogens (tertiary/aromatic N) is 1. The summed E-state index contributed by atoms with van der Waals surface area (Å²) >= 11 is 0. The second kappa shape index (κ2) is 7.90. The SMILES string of the molecule is CCCNC(C)C1CCCCN1Cc1cc(F)ccc1C. The summed E-state index contributed by atoms with van der Waals surface area (Å²) in [6.07, 6.45) is 4.97. The van der Waals surface area contributed by atoms with Crippen LogP contribution in [0.5, 0.6) is 0 Å². The van der Waals surface area contributed by atoms with Crippen molar-refractivity contribution in [2.75, 3.05) is 13.1 Å². The summed E-state index contributed by atoms with van der Waals surface area (Å²) in [7, 11) is 0. The molecule has 2 rings (SSSR count). The van der Waals surface area contributed by atoms with Gasteiger partial charge in [-0.15, -0.1) is 0 Å². The Morgan fingerprint density at radius 3 is 2.95 bits per heavy atom. The van der Waals surface area contributed by atoms with Crippen LogP contribution in [0.1, 0.15) is 50.7 Å². The number of hydrogen-bond acceptors (Lipinski definition) is 2. The Hall–Kier alpha value is -0.930.